The molecule has 2 rings (SSSR count). The molecule has 0 amide bonds. The van der Waals surface area contributed by atoms with Crippen molar-refractivity contribution in [2.45, 2.75) is 37.2 Å². The van der Waals surface area contributed by atoms with Gasteiger partial charge in [-0.05, 0) is 61.9 Å². The molecule has 0 aliphatic carbocycles. The van der Waals surface area contributed by atoms with E-state index >= 15 is 0 Å². The van der Waals surface area contributed by atoms with Gasteiger partial charge in [0.25, 0.3) is 0 Å². The zero-order valence-corrected chi connectivity index (χ0v) is 12.8. The molecule has 2 N–H and O–H groups in total. The van der Waals surface area contributed by atoms with E-state index in [-0.39, 0.29) is 0 Å². The number of pyridine rings is 2. The van der Waals surface area contributed by atoms with Gasteiger partial charge in [0.1, 0.15) is 10.1 Å². The maximum absolute atomic E-state index is 5.86. The molecule has 20 heavy (non-hydrogen) atoms. The van der Waals surface area contributed by atoms with Crippen LogP contribution in [-0.2, 0) is 0 Å². The van der Waals surface area contributed by atoms with Crippen molar-refractivity contribution in [3.8, 4) is 5.88 Å². The highest BCUT2D eigenvalue weighted by atomic mass is 32.2. The summed E-state index contributed by atoms with van der Waals surface area (Å²) in [4.78, 5) is 8.93. The highest BCUT2D eigenvalue weighted by Gasteiger charge is 2.07. The molecule has 0 aliphatic rings. The normalized spacial score (nSPS) is 10.6. The van der Waals surface area contributed by atoms with Crippen LogP contribution in [0.3, 0.4) is 0 Å². The Hall–Kier alpha value is -1.75. The molecule has 0 radical (unpaired) electrons. The molecule has 0 fully saturated rings. The van der Waals surface area contributed by atoms with Crippen molar-refractivity contribution in [1.82, 2.24) is 9.97 Å². The van der Waals surface area contributed by atoms with Crippen molar-refractivity contribution >= 4 is 17.4 Å². The molecule has 0 unspecified atom stereocenters. The fourth-order valence-electron chi connectivity index (χ4n) is 1.77. The van der Waals surface area contributed by atoms with Crippen molar-refractivity contribution in [3.05, 3.63) is 35.5 Å². The van der Waals surface area contributed by atoms with Crippen molar-refractivity contribution in [2.75, 3.05) is 12.3 Å². The Balaban J connectivity index is 2.20. The first-order valence-electron chi connectivity index (χ1n) is 6.61. The number of nitrogens with two attached hydrogens (primary N) is 1. The van der Waals surface area contributed by atoms with Crippen LogP contribution >= 0.6 is 11.8 Å². The zero-order valence-electron chi connectivity index (χ0n) is 12.0. The van der Waals surface area contributed by atoms with Gasteiger partial charge < -0.3 is 10.5 Å². The Morgan fingerprint density at radius 2 is 1.95 bits per heavy atom. The molecule has 4 nitrogen and oxygen atoms in total. The molecule has 2 aromatic rings. The number of aromatic nitrogens is 2. The Morgan fingerprint density at radius 1 is 1.15 bits per heavy atom. The minimum absolute atomic E-state index is 0.501. The van der Waals surface area contributed by atoms with Gasteiger partial charge in [0.15, 0.2) is 0 Å². The van der Waals surface area contributed by atoms with Crippen molar-refractivity contribution in [2.24, 2.45) is 0 Å². The molecule has 0 saturated heterocycles. The third-order valence-corrected chi connectivity index (χ3v) is 3.45. The lowest BCUT2D eigenvalue weighted by molar-refractivity contribution is 0.305. The van der Waals surface area contributed by atoms with Crippen LogP contribution in [-0.4, -0.2) is 16.6 Å². The third-order valence-electron chi connectivity index (χ3n) is 2.59. The highest BCUT2D eigenvalue weighted by molar-refractivity contribution is 7.99. The fourth-order valence-corrected chi connectivity index (χ4v) is 2.68. The lowest BCUT2D eigenvalue weighted by Gasteiger charge is -2.09. The molecular formula is C15H19N3OS. The van der Waals surface area contributed by atoms with Gasteiger partial charge in [-0.1, -0.05) is 6.92 Å². The summed E-state index contributed by atoms with van der Waals surface area (Å²) >= 11 is 1.51. The zero-order chi connectivity index (χ0) is 14.5. The van der Waals surface area contributed by atoms with E-state index in [1.165, 1.54) is 17.3 Å². The predicted octanol–water partition coefficient (Wildman–Crippen LogP) is 3.62. The minimum Gasteiger partial charge on any atom is -0.476 e. The van der Waals surface area contributed by atoms with E-state index < -0.39 is 0 Å². The summed E-state index contributed by atoms with van der Waals surface area (Å²) in [6.07, 6.45) is 0.928. The fraction of sp³-hybridized carbons (Fsp3) is 0.333. The van der Waals surface area contributed by atoms with E-state index in [1.807, 2.05) is 32.0 Å². The summed E-state index contributed by atoms with van der Waals surface area (Å²) in [5, 5.41) is 1.77. The van der Waals surface area contributed by atoms with E-state index in [0.717, 1.165) is 22.2 Å². The van der Waals surface area contributed by atoms with E-state index in [1.54, 1.807) is 0 Å². The van der Waals surface area contributed by atoms with Crippen molar-refractivity contribution < 1.29 is 4.74 Å². The van der Waals surface area contributed by atoms with Crippen LogP contribution in [0.4, 0.5) is 5.69 Å². The number of anilines is 1. The van der Waals surface area contributed by atoms with Crippen LogP contribution in [0.1, 0.15) is 24.6 Å². The van der Waals surface area contributed by atoms with Crippen molar-refractivity contribution in [1.29, 1.82) is 0 Å². The standard InChI is InChI=1S/C15H19N3OS/c1-4-7-19-15-12(16)5-6-13(18-15)20-14-9-10(2)8-11(3)17-14/h5-6,8-9H,4,7,16H2,1-3H3. The molecule has 0 saturated carbocycles. The molecule has 2 heterocycles. The molecule has 0 atom stereocenters. The maximum Gasteiger partial charge on any atom is 0.238 e. The SMILES string of the molecule is CCCOc1nc(Sc2cc(C)cc(C)n2)ccc1N. The summed E-state index contributed by atoms with van der Waals surface area (Å²) in [5.41, 5.74) is 8.62. The number of ether oxygens (including phenoxy) is 1. The number of rotatable bonds is 5. The van der Waals surface area contributed by atoms with Gasteiger partial charge in [0.05, 0.1) is 12.3 Å². The average molecular weight is 289 g/mol. The van der Waals surface area contributed by atoms with Crippen LogP contribution in [0.15, 0.2) is 34.3 Å². The second-order valence-electron chi connectivity index (χ2n) is 4.62. The largest absolute Gasteiger partial charge is 0.476 e. The summed E-state index contributed by atoms with van der Waals surface area (Å²) < 4.78 is 5.54. The van der Waals surface area contributed by atoms with Crippen molar-refractivity contribution in [3.63, 3.8) is 0 Å². The van der Waals surface area contributed by atoms with E-state index in [9.17, 15) is 0 Å². The first-order valence-corrected chi connectivity index (χ1v) is 7.42. The van der Waals surface area contributed by atoms with Crippen LogP contribution in [0, 0.1) is 13.8 Å². The third kappa shape index (κ3) is 3.87. The van der Waals surface area contributed by atoms with Gasteiger partial charge in [-0.3, -0.25) is 0 Å². The van der Waals surface area contributed by atoms with E-state index in [2.05, 4.69) is 23.0 Å². The van der Waals surface area contributed by atoms with Crippen LogP contribution in [0.5, 0.6) is 5.88 Å². The maximum atomic E-state index is 5.86. The number of aryl methyl sites for hydroxylation is 2. The summed E-state index contributed by atoms with van der Waals surface area (Å²) in [6, 6.07) is 7.81. The Morgan fingerprint density at radius 3 is 2.65 bits per heavy atom. The topological polar surface area (TPSA) is 61.0 Å². The molecule has 0 spiro atoms. The predicted molar refractivity (Wildman–Crippen MR) is 82.3 cm³/mol. The van der Waals surface area contributed by atoms with Crippen LogP contribution in [0.25, 0.3) is 0 Å². The smallest absolute Gasteiger partial charge is 0.238 e. The second-order valence-corrected chi connectivity index (χ2v) is 5.66. The molecule has 106 valence electrons. The van der Waals surface area contributed by atoms with Gasteiger partial charge in [-0.25, -0.2) is 9.97 Å². The molecular weight excluding hydrogens is 270 g/mol. The number of hydrogen-bond acceptors (Lipinski definition) is 5. The minimum atomic E-state index is 0.501. The lowest BCUT2D eigenvalue weighted by atomic mass is 10.3. The van der Waals surface area contributed by atoms with Gasteiger partial charge in [-0.2, -0.15) is 0 Å². The van der Waals surface area contributed by atoms with Gasteiger partial charge >= 0.3 is 0 Å². The summed E-state index contributed by atoms with van der Waals surface area (Å²) in [5.74, 6) is 0.501. The molecule has 0 bridgehead atoms. The monoisotopic (exact) mass is 289 g/mol. The Bertz CT molecular complexity index is 581. The molecule has 5 heteroatoms. The van der Waals surface area contributed by atoms with Gasteiger partial charge in [0, 0.05) is 5.69 Å². The summed E-state index contributed by atoms with van der Waals surface area (Å²) in [6.45, 7) is 6.72. The quantitative estimate of drug-likeness (QED) is 0.911. The number of nitrogen functional groups attached to an aromatic ring is 1. The number of nitrogens with zero attached hydrogens (tertiary/aromatic N) is 2. The Kier molecular flexibility index (Phi) is 4.84. The van der Waals surface area contributed by atoms with E-state index in [4.69, 9.17) is 10.5 Å². The second kappa shape index (κ2) is 6.61. The summed E-state index contributed by atoms with van der Waals surface area (Å²) in [7, 11) is 0. The van der Waals surface area contributed by atoms with Crippen LogP contribution in [0.2, 0.25) is 0 Å². The molecule has 0 aliphatic heterocycles. The van der Waals surface area contributed by atoms with E-state index in [0.29, 0.717) is 18.2 Å². The highest BCUT2D eigenvalue weighted by Crippen LogP contribution is 2.29. The number of hydrogen-bond donors (Lipinski definition) is 1. The first-order chi connectivity index (χ1) is 9.58. The lowest BCUT2D eigenvalue weighted by Crippen LogP contribution is -2.01. The van der Waals surface area contributed by atoms with Crippen LogP contribution < -0.4 is 10.5 Å². The Labute approximate surface area is 123 Å². The van der Waals surface area contributed by atoms with Gasteiger partial charge in [-0.15, -0.1) is 0 Å². The average Bonchev–Trinajstić information content (AvgIpc) is 2.38. The molecule has 2 aromatic heterocycles. The molecule has 0 aromatic carbocycles. The first kappa shape index (κ1) is 14.7. The van der Waals surface area contributed by atoms with Gasteiger partial charge in [0.2, 0.25) is 5.88 Å².